The van der Waals surface area contributed by atoms with Crippen molar-refractivity contribution in [2.75, 3.05) is 23.9 Å². The minimum Gasteiger partial charge on any atom is -0.493 e. The molecule has 0 atom stereocenters. The SMILES string of the molecule is Cc1cc(N=Nc2cc(OCCCS(=O)(=O)O)c(N=Nc3c(C)c(C#N)c4nc5c(S(=O)(=O)O)c(Cl)ccc5n4c3O)cc2C)c(SCCCS(=O)(=O)O)cc1N=Nc1nc2c(S(=O)(=O)O)cc3c(S(=O)(=O)O)cc(S(=O)(=O)O)cc3c2s1. The van der Waals surface area contributed by atoms with Crippen LogP contribution in [0.15, 0.2) is 110 Å². The number of halogens is 1. The number of aromatic nitrogens is 3. The molecule has 8 rings (SSSR count). The van der Waals surface area contributed by atoms with Crippen LogP contribution in [0.5, 0.6) is 11.6 Å². The Morgan fingerprint density at radius 3 is 1.88 bits per heavy atom. The van der Waals surface area contributed by atoms with Gasteiger partial charge in [0.1, 0.15) is 48.8 Å². The lowest BCUT2D eigenvalue weighted by Gasteiger charge is -2.12. The molecule has 5 aromatic carbocycles. The summed E-state index contributed by atoms with van der Waals surface area (Å²) < 4.78 is 210. The maximum absolute atomic E-state index is 12.6. The van der Waals surface area contributed by atoms with E-state index < -0.39 is 114 Å². The maximum Gasteiger partial charge on any atom is 0.298 e. The fraction of sp³-hybridized carbons (Fsp3) is 0.205. The molecule has 83 heavy (non-hydrogen) atoms. The highest BCUT2D eigenvalue weighted by Gasteiger charge is 2.29. The van der Waals surface area contributed by atoms with Crippen molar-refractivity contribution in [1.29, 1.82) is 5.26 Å². The number of azo groups is 3. The van der Waals surface area contributed by atoms with Crippen molar-refractivity contribution in [3.63, 3.8) is 0 Å². The van der Waals surface area contributed by atoms with E-state index in [9.17, 15) is 88.2 Å². The molecule has 0 aliphatic carbocycles. The van der Waals surface area contributed by atoms with E-state index >= 15 is 0 Å². The number of nitriles is 1. The third kappa shape index (κ3) is 13.7. The van der Waals surface area contributed by atoms with Crippen molar-refractivity contribution in [2.24, 2.45) is 30.7 Å². The Morgan fingerprint density at radius 1 is 0.663 bits per heavy atom. The molecule has 3 heterocycles. The van der Waals surface area contributed by atoms with Gasteiger partial charge in [0.25, 0.3) is 60.7 Å². The lowest BCUT2D eigenvalue weighted by atomic mass is 10.1. The van der Waals surface area contributed by atoms with E-state index in [1.54, 1.807) is 13.8 Å². The number of benzene rings is 5. The molecule has 8 aromatic rings. The number of thiazole rings is 1. The highest BCUT2D eigenvalue weighted by Crippen LogP contribution is 2.45. The quantitative estimate of drug-likeness (QED) is 0.0161. The van der Waals surface area contributed by atoms with Crippen LogP contribution in [0.25, 0.3) is 37.7 Å². The van der Waals surface area contributed by atoms with E-state index in [0.29, 0.717) is 34.6 Å². The minimum absolute atomic E-state index is 0.0151. The second-order valence-corrected chi connectivity index (χ2v) is 28.8. The molecule has 0 saturated heterocycles. The van der Waals surface area contributed by atoms with Crippen LogP contribution in [0.4, 0.5) is 33.6 Å². The zero-order valence-corrected chi connectivity index (χ0v) is 49.3. The predicted octanol–water partition coefficient (Wildman–Crippen LogP) is 9.67. The van der Waals surface area contributed by atoms with Crippen molar-refractivity contribution in [3.8, 4) is 17.7 Å². The van der Waals surface area contributed by atoms with Gasteiger partial charge in [-0.25, -0.2) is 9.97 Å². The summed E-state index contributed by atoms with van der Waals surface area (Å²) in [7, 11) is -29.5. The average Bonchev–Trinajstić information content (AvgIpc) is 2.25. The number of hydrogen-bond acceptors (Lipinski definition) is 25. The van der Waals surface area contributed by atoms with Crippen molar-refractivity contribution in [1.82, 2.24) is 14.4 Å². The molecule has 0 bridgehead atoms. The Morgan fingerprint density at radius 2 is 1.27 bits per heavy atom. The fourth-order valence-corrected chi connectivity index (χ4v) is 14.3. The van der Waals surface area contributed by atoms with E-state index in [-0.39, 0.29) is 107 Å². The molecule has 7 N–H and O–H groups in total. The van der Waals surface area contributed by atoms with E-state index in [2.05, 4.69) is 40.7 Å². The van der Waals surface area contributed by atoms with Gasteiger partial charge >= 0.3 is 0 Å². The van der Waals surface area contributed by atoms with Crippen molar-refractivity contribution < 1.29 is 87.7 Å². The fourth-order valence-electron chi connectivity index (χ4n) is 8.02. The lowest BCUT2D eigenvalue weighted by molar-refractivity contribution is 0.317. The van der Waals surface area contributed by atoms with Gasteiger partial charge in [0.15, 0.2) is 11.3 Å². The minimum atomic E-state index is -5.31. The van der Waals surface area contributed by atoms with Crippen LogP contribution >= 0.6 is 34.7 Å². The molecule has 0 fully saturated rings. The van der Waals surface area contributed by atoms with Gasteiger partial charge in [0.05, 0.1) is 55.3 Å². The molecule has 0 unspecified atom stereocenters. The van der Waals surface area contributed by atoms with Gasteiger partial charge in [0, 0.05) is 27.3 Å². The predicted molar refractivity (Wildman–Crippen MR) is 298 cm³/mol. The summed E-state index contributed by atoms with van der Waals surface area (Å²) in [6.07, 6.45) is -0.303. The monoisotopic (exact) mass is 1320 g/mol. The number of aromatic hydroxyl groups is 1. The van der Waals surface area contributed by atoms with Crippen molar-refractivity contribution in [3.05, 3.63) is 81.9 Å². The van der Waals surface area contributed by atoms with Gasteiger partial charge in [-0.05, 0) is 99.0 Å². The molecule has 438 valence electrons. The number of thioether (sulfide) groups is 1. The standard InChI is InChI=1S/C44H37ClN10O20S8/c1-20-12-30(51-53-37-22(3)26(19-46)42-47-38-32(55(42)43(37)56)7-6-27(45)41(38)83(72,73)74)33(75-8-4-10-78(57,58)59)17-28(20)49-52-31-13-21(2)29(18-34(31)76-9-5-11-79(60,61)62)50-54-44-48-39-36(82(69,70)71)16-24-25(40(39)77-44)14-23(80(63,64)65)15-35(24)81(66,67)68/h6-7,12-18,56H,4-5,8-11H2,1-3H3,(H,57,58,59)(H,60,61,62)(H,63,64,65)(H,66,67,68)(H,69,70,71)(H,72,73,74). The summed E-state index contributed by atoms with van der Waals surface area (Å²) in [6.45, 7) is 4.17. The molecule has 30 nitrogen and oxygen atoms in total. The number of fused-ring (bicyclic) bond motifs is 6. The van der Waals surface area contributed by atoms with Crippen molar-refractivity contribution in [2.45, 2.75) is 58.1 Å². The first-order valence-electron chi connectivity index (χ1n) is 22.7. The summed E-state index contributed by atoms with van der Waals surface area (Å²) in [5.41, 5.74) is -0.809. The highest BCUT2D eigenvalue weighted by molar-refractivity contribution is 7.99. The Labute approximate surface area is 482 Å². The van der Waals surface area contributed by atoms with Gasteiger partial charge < -0.3 is 9.84 Å². The molecular formula is C44H37ClN10O20S8. The van der Waals surface area contributed by atoms with Gasteiger partial charge in [-0.3, -0.25) is 31.7 Å². The number of imidazole rings is 1. The number of aryl methyl sites for hydroxylation is 2. The second kappa shape index (κ2) is 23.0. The first kappa shape index (κ1) is 62.2. The van der Waals surface area contributed by atoms with Gasteiger partial charge in [-0.15, -0.1) is 37.3 Å². The Bertz CT molecular complexity index is 4950. The number of hydrogen-bond donors (Lipinski definition) is 7. The van der Waals surface area contributed by atoms with Crippen LogP contribution in [0.2, 0.25) is 5.02 Å². The van der Waals surface area contributed by atoms with Gasteiger partial charge in [-0.1, -0.05) is 22.9 Å². The van der Waals surface area contributed by atoms with E-state index in [0.717, 1.165) is 28.3 Å². The number of rotatable bonds is 20. The Kier molecular flexibility index (Phi) is 17.2. The molecule has 39 heteroatoms. The van der Waals surface area contributed by atoms with Gasteiger partial charge in [0.2, 0.25) is 11.0 Å². The molecule has 0 spiro atoms. The smallest absolute Gasteiger partial charge is 0.298 e. The number of ether oxygens (including phenoxy) is 1. The summed E-state index contributed by atoms with van der Waals surface area (Å²) in [5, 5.41) is 45.8. The third-order valence-corrected chi connectivity index (χ3v) is 19.4. The molecular weight excluding hydrogens is 1280 g/mol. The third-order valence-electron chi connectivity index (χ3n) is 11.7. The van der Waals surface area contributed by atoms with E-state index in [1.807, 2.05) is 6.07 Å². The highest BCUT2D eigenvalue weighted by atomic mass is 35.5. The van der Waals surface area contributed by atoms with Crippen molar-refractivity contribution >= 4 is 167 Å². The van der Waals surface area contributed by atoms with E-state index in [1.165, 1.54) is 37.3 Å². The molecule has 0 aliphatic rings. The average molecular weight is 1320 g/mol. The zero-order valence-electron chi connectivity index (χ0n) is 42.0. The van der Waals surface area contributed by atoms with Crippen LogP contribution in [0.1, 0.15) is 35.1 Å². The number of pyridine rings is 1. The lowest BCUT2D eigenvalue weighted by Crippen LogP contribution is -2.08. The van der Waals surface area contributed by atoms with Crippen LogP contribution in [0, 0.1) is 32.1 Å². The molecule has 0 saturated carbocycles. The summed E-state index contributed by atoms with van der Waals surface area (Å²) >= 11 is 7.68. The summed E-state index contributed by atoms with van der Waals surface area (Å²) in [6, 6.07) is 11.8. The maximum atomic E-state index is 12.6. The Balaban J connectivity index is 1.20. The van der Waals surface area contributed by atoms with Gasteiger partial charge in [-0.2, -0.15) is 60.9 Å². The largest absolute Gasteiger partial charge is 0.493 e. The first-order chi connectivity index (χ1) is 38.4. The normalized spacial score (nSPS) is 13.3. The Hall–Kier alpha value is -6.81. The van der Waals surface area contributed by atoms with Crippen LogP contribution < -0.4 is 4.74 Å². The molecule has 0 aliphatic heterocycles. The molecule has 0 amide bonds. The first-order valence-corrected chi connectivity index (χ1v) is 33.9. The molecule has 0 radical (unpaired) electrons. The zero-order chi connectivity index (χ0) is 61.1. The topological polar surface area (TPSA) is 484 Å². The summed E-state index contributed by atoms with van der Waals surface area (Å²) in [4.78, 5) is 4.71. The number of nitrogens with zero attached hydrogens (tertiary/aromatic N) is 10. The van der Waals surface area contributed by atoms with Crippen LogP contribution in [-0.2, 0) is 60.7 Å². The van der Waals surface area contributed by atoms with Crippen LogP contribution in [0.3, 0.4) is 0 Å². The molecule has 3 aromatic heterocycles. The van der Waals surface area contributed by atoms with Crippen LogP contribution in [-0.4, -0.2) is 121 Å². The second-order valence-electron chi connectivity index (χ2n) is 17.6. The summed E-state index contributed by atoms with van der Waals surface area (Å²) in [5.74, 6) is -2.07. The van der Waals surface area contributed by atoms with E-state index in [4.69, 9.17) is 16.3 Å².